The van der Waals surface area contributed by atoms with Crippen LogP contribution in [-0.4, -0.2) is 12.9 Å². The Balaban J connectivity index is 2.23. The van der Waals surface area contributed by atoms with Crippen LogP contribution in [0.4, 0.5) is 0 Å². The summed E-state index contributed by atoms with van der Waals surface area (Å²) in [7, 11) is 1.60. The van der Waals surface area contributed by atoms with Gasteiger partial charge >= 0.3 is 0 Å². The molecule has 2 aromatic rings. The molecule has 5 heteroatoms. The van der Waals surface area contributed by atoms with E-state index >= 15 is 0 Å². The molecule has 0 unspecified atom stereocenters. The molecule has 0 bridgehead atoms. The number of rotatable bonds is 4. The molecule has 0 atom stereocenters. The summed E-state index contributed by atoms with van der Waals surface area (Å²) in [5, 5.41) is 0. The lowest BCUT2D eigenvalue weighted by Gasteiger charge is -2.04. The number of ketones is 1. The minimum Gasteiger partial charge on any atom is -0.496 e. The SMILES string of the molecule is COc1ccc(Br)cc1/C=C/C(=O)c1ccc(Cl)s1. The first-order chi connectivity index (χ1) is 9.10. The molecule has 1 heterocycles. The number of hydrogen-bond donors (Lipinski definition) is 0. The van der Waals surface area contributed by atoms with Gasteiger partial charge in [0.2, 0.25) is 0 Å². The fraction of sp³-hybridized carbons (Fsp3) is 0.0714. The van der Waals surface area contributed by atoms with Gasteiger partial charge in [-0.05, 0) is 42.5 Å². The van der Waals surface area contributed by atoms with Crippen LogP contribution in [0.2, 0.25) is 4.34 Å². The van der Waals surface area contributed by atoms with Crippen molar-refractivity contribution in [2.75, 3.05) is 7.11 Å². The Morgan fingerprint density at radius 2 is 2.16 bits per heavy atom. The number of hydrogen-bond acceptors (Lipinski definition) is 3. The lowest BCUT2D eigenvalue weighted by Crippen LogP contribution is -1.90. The number of ether oxygens (including phenoxy) is 1. The predicted octanol–water partition coefficient (Wildman–Crippen LogP) is 5.07. The average molecular weight is 358 g/mol. The van der Waals surface area contributed by atoms with Crippen LogP contribution in [0.1, 0.15) is 15.2 Å². The van der Waals surface area contributed by atoms with Gasteiger partial charge in [0.05, 0.1) is 16.3 Å². The predicted molar refractivity (Wildman–Crippen MR) is 83.4 cm³/mol. The van der Waals surface area contributed by atoms with Crippen molar-refractivity contribution in [2.24, 2.45) is 0 Å². The van der Waals surface area contributed by atoms with Gasteiger partial charge in [0.25, 0.3) is 0 Å². The second-order valence-electron chi connectivity index (χ2n) is 3.69. The molecular formula is C14H10BrClO2S. The highest BCUT2D eigenvalue weighted by atomic mass is 79.9. The van der Waals surface area contributed by atoms with Gasteiger partial charge in [-0.1, -0.05) is 27.5 Å². The summed E-state index contributed by atoms with van der Waals surface area (Å²) in [6.45, 7) is 0. The van der Waals surface area contributed by atoms with Crippen molar-refractivity contribution in [1.29, 1.82) is 0 Å². The summed E-state index contributed by atoms with van der Waals surface area (Å²) in [6.07, 6.45) is 3.26. The molecule has 0 fully saturated rings. The maximum atomic E-state index is 11.9. The number of carbonyl (C=O) groups is 1. The van der Waals surface area contributed by atoms with Crippen molar-refractivity contribution < 1.29 is 9.53 Å². The van der Waals surface area contributed by atoms with Crippen LogP contribution in [0.3, 0.4) is 0 Å². The fourth-order valence-corrected chi connectivity index (χ4v) is 2.87. The highest BCUT2D eigenvalue weighted by Crippen LogP contribution is 2.25. The van der Waals surface area contributed by atoms with Crippen LogP contribution in [0, 0.1) is 0 Å². The molecule has 19 heavy (non-hydrogen) atoms. The summed E-state index contributed by atoms with van der Waals surface area (Å²) in [4.78, 5) is 12.5. The molecule has 0 spiro atoms. The van der Waals surface area contributed by atoms with Gasteiger partial charge in [-0.2, -0.15) is 0 Å². The molecule has 2 nitrogen and oxygen atoms in total. The molecule has 0 radical (unpaired) electrons. The zero-order valence-electron chi connectivity index (χ0n) is 10.0. The zero-order valence-corrected chi connectivity index (χ0v) is 13.2. The highest BCUT2D eigenvalue weighted by Gasteiger charge is 2.06. The van der Waals surface area contributed by atoms with E-state index in [0.717, 1.165) is 15.8 Å². The van der Waals surface area contributed by atoms with Crippen LogP contribution in [0.25, 0.3) is 6.08 Å². The second kappa shape index (κ2) is 6.37. The lowest BCUT2D eigenvalue weighted by atomic mass is 10.1. The van der Waals surface area contributed by atoms with Crippen molar-refractivity contribution in [3.05, 3.63) is 55.7 Å². The van der Waals surface area contributed by atoms with E-state index in [9.17, 15) is 4.79 Å². The van der Waals surface area contributed by atoms with Crippen LogP contribution in [-0.2, 0) is 0 Å². The maximum absolute atomic E-state index is 11.9. The first kappa shape index (κ1) is 14.3. The highest BCUT2D eigenvalue weighted by molar-refractivity contribution is 9.10. The summed E-state index contributed by atoms with van der Waals surface area (Å²) in [5.41, 5.74) is 0.841. The van der Waals surface area contributed by atoms with Gasteiger partial charge in [-0.25, -0.2) is 0 Å². The Kier molecular flexibility index (Phi) is 4.80. The molecule has 1 aromatic carbocycles. The van der Waals surface area contributed by atoms with Crippen LogP contribution in [0.15, 0.2) is 40.9 Å². The number of carbonyl (C=O) groups excluding carboxylic acids is 1. The number of thiophene rings is 1. The topological polar surface area (TPSA) is 26.3 Å². The Bertz CT molecular complexity index is 634. The molecule has 0 saturated heterocycles. The second-order valence-corrected chi connectivity index (χ2v) is 6.32. The molecule has 0 aliphatic rings. The molecule has 0 amide bonds. The molecule has 1 aromatic heterocycles. The molecule has 0 aliphatic heterocycles. The van der Waals surface area contributed by atoms with Crippen LogP contribution in [0.5, 0.6) is 5.75 Å². The molecular weight excluding hydrogens is 348 g/mol. The third-order valence-electron chi connectivity index (χ3n) is 2.42. The van der Waals surface area contributed by atoms with Gasteiger partial charge in [-0.15, -0.1) is 11.3 Å². The molecule has 0 saturated carbocycles. The molecule has 2 rings (SSSR count). The first-order valence-corrected chi connectivity index (χ1v) is 7.40. The minimum absolute atomic E-state index is 0.0704. The number of halogens is 2. The van der Waals surface area contributed by atoms with Crippen molar-refractivity contribution >= 4 is 50.7 Å². The summed E-state index contributed by atoms with van der Waals surface area (Å²) < 4.78 is 6.78. The standard InChI is InChI=1S/C14H10BrClO2S/c1-18-12-5-3-10(15)8-9(12)2-4-11(17)13-6-7-14(16)19-13/h2-8H,1H3/b4-2+. The number of benzene rings is 1. The van der Waals surface area contributed by atoms with Crippen LogP contribution >= 0.6 is 38.9 Å². The summed E-state index contributed by atoms with van der Waals surface area (Å²) >= 11 is 10.5. The molecule has 0 N–H and O–H groups in total. The van der Waals surface area contributed by atoms with Gasteiger partial charge in [0, 0.05) is 10.0 Å². The summed E-state index contributed by atoms with van der Waals surface area (Å²) in [6, 6.07) is 9.06. The van der Waals surface area contributed by atoms with Crippen molar-refractivity contribution in [1.82, 2.24) is 0 Å². The number of allylic oxidation sites excluding steroid dienone is 1. The molecule has 0 aliphatic carbocycles. The number of methoxy groups -OCH3 is 1. The lowest BCUT2D eigenvalue weighted by molar-refractivity contribution is 0.105. The van der Waals surface area contributed by atoms with E-state index in [0.29, 0.717) is 9.21 Å². The van der Waals surface area contributed by atoms with E-state index in [1.54, 1.807) is 25.3 Å². The van der Waals surface area contributed by atoms with Crippen molar-refractivity contribution in [3.63, 3.8) is 0 Å². The van der Waals surface area contributed by atoms with E-state index in [-0.39, 0.29) is 5.78 Å². The van der Waals surface area contributed by atoms with Gasteiger partial charge < -0.3 is 4.74 Å². The maximum Gasteiger partial charge on any atom is 0.195 e. The van der Waals surface area contributed by atoms with Gasteiger partial charge in [0.1, 0.15) is 5.75 Å². The monoisotopic (exact) mass is 356 g/mol. The zero-order chi connectivity index (χ0) is 13.8. The summed E-state index contributed by atoms with van der Waals surface area (Å²) in [5.74, 6) is 0.649. The van der Waals surface area contributed by atoms with E-state index in [1.807, 2.05) is 18.2 Å². The van der Waals surface area contributed by atoms with E-state index < -0.39 is 0 Å². The van der Waals surface area contributed by atoms with Crippen molar-refractivity contribution in [2.45, 2.75) is 0 Å². The Labute approximate surface area is 128 Å². The average Bonchev–Trinajstić information content (AvgIpc) is 2.83. The minimum atomic E-state index is -0.0704. The van der Waals surface area contributed by atoms with E-state index in [2.05, 4.69) is 15.9 Å². The Morgan fingerprint density at radius 1 is 1.37 bits per heavy atom. The van der Waals surface area contributed by atoms with Gasteiger partial charge in [0.15, 0.2) is 5.78 Å². The van der Waals surface area contributed by atoms with Crippen LogP contribution < -0.4 is 4.74 Å². The first-order valence-electron chi connectivity index (χ1n) is 5.41. The smallest absolute Gasteiger partial charge is 0.195 e. The normalized spacial score (nSPS) is 10.9. The third-order valence-corrected chi connectivity index (χ3v) is 4.16. The Morgan fingerprint density at radius 3 is 2.79 bits per heavy atom. The van der Waals surface area contributed by atoms with E-state index in [4.69, 9.17) is 16.3 Å². The third kappa shape index (κ3) is 3.69. The van der Waals surface area contributed by atoms with Gasteiger partial charge in [-0.3, -0.25) is 4.79 Å². The Hall–Kier alpha value is -1.10. The van der Waals surface area contributed by atoms with Crippen molar-refractivity contribution in [3.8, 4) is 5.75 Å². The van der Waals surface area contributed by atoms with E-state index in [1.165, 1.54) is 17.4 Å². The molecule has 98 valence electrons. The fourth-order valence-electron chi connectivity index (χ4n) is 1.53. The quantitative estimate of drug-likeness (QED) is 0.564. The largest absolute Gasteiger partial charge is 0.496 e.